The summed E-state index contributed by atoms with van der Waals surface area (Å²) in [6.45, 7) is 17.4. The number of nitrogens with zero attached hydrogens (tertiary/aromatic N) is 4. The van der Waals surface area contributed by atoms with Gasteiger partial charge in [-0.25, -0.2) is 0 Å². The van der Waals surface area contributed by atoms with Gasteiger partial charge in [-0.1, -0.05) is 20.8 Å². The molecule has 1 saturated heterocycles. The SMILES string of the molecule is CN=C(NCC(C)Cn1nc(C)cc1C)NCC(CC(C)C)N1CCOCC1.I. The zero-order chi connectivity index (χ0) is 20.5. The van der Waals surface area contributed by atoms with Gasteiger partial charge in [-0.15, -0.1) is 24.0 Å². The van der Waals surface area contributed by atoms with Crippen molar-refractivity contribution in [3.63, 3.8) is 0 Å². The Morgan fingerprint density at radius 2 is 1.83 bits per heavy atom. The molecule has 2 atom stereocenters. The third-order valence-electron chi connectivity index (χ3n) is 5.24. The molecule has 0 aliphatic carbocycles. The molecule has 0 radical (unpaired) electrons. The average molecular weight is 521 g/mol. The van der Waals surface area contributed by atoms with Gasteiger partial charge in [0.25, 0.3) is 0 Å². The quantitative estimate of drug-likeness (QED) is 0.298. The summed E-state index contributed by atoms with van der Waals surface area (Å²) in [7, 11) is 1.84. The van der Waals surface area contributed by atoms with Gasteiger partial charge < -0.3 is 15.4 Å². The molecule has 1 aliphatic heterocycles. The van der Waals surface area contributed by atoms with Gasteiger partial charge in [0.15, 0.2) is 5.96 Å². The summed E-state index contributed by atoms with van der Waals surface area (Å²) in [5, 5.41) is 11.6. The monoisotopic (exact) mass is 520 g/mol. The Morgan fingerprint density at radius 1 is 1.17 bits per heavy atom. The molecule has 1 fully saturated rings. The van der Waals surface area contributed by atoms with Crippen LogP contribution in [0.2, 0.25) is 0 Å². The number of halogens is 1. The van der Waals surface area contributed by atoms with Crippen molar-refractivity contribution < 1.29 is 4.74 Å². The van der Waals surface area contributed by atoms with Crippen molar-refractivity contribution in [1.82, 2.24) is 25.3 Å². The number of nitrogens with one attached hydrogen (secondary N) is 2. The smallest absolute Gasteiger partial charge is 0.191 e. The van der Waals surface area contributed by atoms with Crippen molar-refractivity contribution in [3.05, 3.63) is 17.5 Å². The summed E-state index contributed by atoms with van der Waals surface area (Å²) in [5.41, 5.74) is 2.29. The van der Waals surface area contributed by atoms with E-state index < -0.39 is 0 Å². The van der Waals surface area contributed by atoms with E-state index in [4.69, 9.17) is 4.74 Å². The molecule has 29 heavy (non-hydrogen) atoms. The Balaban J connectivity index is 0.00000420. The molecule has 1 aliphatic rings. The summed E-state index contributed by atoms with van der Waals surface area (Å²) in [4.78, 5) is 6.96. The number of aromatic nitrogens is 2. The number of ether oxygens (including phenoxy) is 1. The molecule has 1 aromatic heterocycles. The first-order valence-corrected chi connectivity index (χ1v) is 10.7. The Bertz CT molecular complexity index is 612. The van der Waals surface area contributed by atoms with E-state index >= 15 is 0 Å². The third-order valence-corrected chi connectivity index (χ3v) is 5.24. The van der Waals surface area contributed by atoms with Crippen molar-refractivity contribution in [2.75, 3.05) is 46.4 Å². The summed E-state index contributed by atoms with van der Waals surface area (Å²) >= 11 is 0. The van der Waals surface area contributed by atoms with Crippen LogP contribution < -0.4 is 10.6 Å². The lowest BCUT2D eigenvalue weighted by Gasteiger charge is -2.35. The van der Waals surface area contributed by atoms with Crippen LogP contribution in [0.5, 0.6) is 0 Å². The molecule has 1 aromatic rings. The van der Waals surface area contributed by atoms with E-state index in [0.717, 1.165) is 57.6 Å². The number of guanidine groups is 1. The van der Waals surface area contributed by atoms with Gasteiger partial charge in [0.1, 0.15) is 0 Å². The molecule has 7 nitrogen and oxygen atoms in total. The minimum atomic E-state index is 0. The molecule has 2 N–H and O–H groups in total. The van der Waals surface area contributed by atoms with Gasteiger partial charge in [-0.3, -0.25) is 14.6 Å². The fourth-order valence-electron chi connectivity index (χ4n) is 3.77. The lowest BCUT2D eigenvalue weighted by molar-refractivity contribution is 0.0132. The first-order valence-electron chi connectivity index (χ1n) is 10.7. The number of rotatable bonds is 9. The second-order valence-electron chi connectivity index (χ2n) is 8.48. The number of hydrogen-bond donors (Lipinski definition) is 2. The second-order valence-corrected chi connectivity index (χ2v) is 8.48. The Hall–Kier alpha value is -0.870. The van der Waals surface area contributed by atoms with Crippen molar-refractivity contribution in [1.29, 1.82) is 0 Å². The zero-order valence-corrected chi connectivity index (χ0v) is 21.4. The van der Waals surface area contributed by atoms with Crippen LogP contribution in [0.15, 0.2) is 11.1 Å². The molecule has 0 aromatic carbocycles. The van der Waals surface area contributed by atoms with E-state index in [1.54, 1.807) is 0 Å². The van der Waals surface area contributed by atoms with Crippen LogP contribution in [0.4, 0.5) is 0 Å². The van der Waals surface area contributed by atoms with Crippen LogP contribution in [-0.2, 0) is 11.3 Å². The van der Waals surface area contributed by atoms with E-state index in [0.29, 0.717) is 17.9 Å². The predicted octanol–water partition coefficient (Wildman–Crippen LogP) is 2.67. The minimum Gasteiger partial charge on any atom is -0.379 e. The maximum Gasteiger partial charge on any atom is 0.191 e. The average Bonchev–Trinajstić information content (AvgIpc) is 2.98. The van der Waals surface area contributed by atoms with Crippen LogP contribution >= 0.6 is 24.0 Å². The summed E-state index contributed by atoms with van der Waals surface area (Å²) in [5.74, 6) is 2.01. The molecule has 8 heteroatoms. The maximum absolute atomic E-state index is 5.52. The van der Waals surface area contributed by atoms with Gasteiger partial charge in [0, 0.05) is 51.5 Å². The van der Waals surface area contributed by atoms with Gasteiger partial charge in [0.2, 0.25) is 0 Å². The summed E-state index contributed by atoms with van der Waals surface area (Å²) < 4.78 is 7.61. The molecule has 2 rings (SSSR count). The number of morpholine rings is 1. The highest BCUT2D eigenvalue weighted by molar-refractivity contribution is 14.0. The molecule has 0 saturated carbocycles. The number of aryl methyl sites for hydroxylation is 2. The van der Waals surface area contributed by atoms with Gasteiger partial charge >= 0.3 is 0 Å². The number of aliphatic imine (C=N–C) groups is 1. The van der Waals surface area contributed by atoms with Crippen molar-refractivity contribution in [2.24, 2.45) is 16.8 Å². The van der Waals surface area contributed by atoms with E-state index in [1.807, 2.05) is 14.0 Å². The van der Waals surface area contributed by atoms with Crippen molar-refractivity contribution >= 4 is 29.9 Å². The summed E-state index contributed by atoms with van der Waals surface area (Å²) in [6, 6.07) is 2.63. The van der Waals surface area contributed by atoms with Crippen LogP contribution in [0.1, 0.15) is 38.6 Å². The molecule has 0 spiro atoms. The van der Waals surface area contributed by atoms with Crippen molar-refractivity contribution in [3.8, 4) is 0 Å². The lowest BCUT2D eigenvalue weighted by atomic mass is 10.0. The van der Waals surface area contributed by atoms with Gasteiger partial charge in [-0.2, -0.15) is 5.10 Å². The molecule has 2 unspecified atom stereocenters. The Labute approximate surface area is 194 Å². The highest BCUT2D eigenvalue weighted by Gasteiger charge is 2.22. The van der Waals surface area contributed by atoms with E-state index in [1.165, 1.54) is 12.1 Å². The van der Waals surface area contributed by atoms with E-state index in [9.17, 15) is 0 Å². The molecule has 2 heterocycles. The minimum absolute atomic E-state index is 0. The zero-order valence-electron chi connectivity index (χ0n) is 19.1. The highest BCUT2D eigenvalue weighted by Crippen LogP contribution is 2.13. The first-order chi connectivity index (χ1) is 13.4. The fraction of sp³-hybridized carbons (Fsp3) is 0.810. The van der Waals surface area contributed by atoms with Crippen molar-refractivity contribution in [2.45, 2.75) is 53.6 Å². The first kappa shape index (κ1) is 26.2. The Morgan fingerprint density at radius 3 is 2.38 bits per heavy atom. The normalized spacial score (nSPS) is 17.7. The second kappa shape index (κ2) is 13.4. The molecular formula is C21H41IN6O. The van der Waals surface area contributed by atoms with Gasteiger partial charge in [0.05, 0.1) is 18.9 Å². The molecular weight excluding hydrogens is 479 g/mol. The maximum atomic E-state index is 5.52. The summed E-state index contributed by atoms with van der Waals surface area (Å²) in [6.07, 6.45) is 1.18. The highest BCUT2D eigenvalue weighted by atomic mass is 127. The van der Waals surface area contributed by atoms with Crippen LogP contribution in [-0.4, -0.2) is 73.1 Å². The lowest BCUT2D eigenvalue weighted by Crippen LogP contribution is -2.51. The third kappa shape index (κ3) is 9.21. The van der Waals surface area contributed by atoms with Crippen LogP contribution in [0, 0.1) is 25.7 Å². The fourth-order valence-corrected chi connectivity index (χ4v) is 3.77. The standard InChI is InChI=1S/C21H40N6O.HI/c1-16(2)11-20(26-7-9-28-10-8-26)14-24-21(22-6)23-13-17(3)15-27-19(5)12-18(4)25-27;/h12,16-17,20H,7-11,13-15H2,1-6H3,(H2,22,23,24);1H. The van der Waals surface area contributed by atoms with E-state index in [-0.39, 0.29) is 24.0 Å². The molecule has 0 bridgehead atoms. The number of hydrogen-bond acceptors (Lipinski definition) is 4. The molecule has 0 amide bonds. The Kier molecular flexibility index (Phi) is 12.1. The van der Waals surface area contributed by atoms with Gasteiger partial charge in [-0.05, 0) is 38.2 Å². The van der Waals surface area contributed by atoms with E-state index in [2.05, 4.69) is 64.1 Å². The van der Waals surface area contributed by atoms with Crippen LogP contribution in [0.3, 0.4) is 0 Å². The predicted molar refractivity (Wildman–Crippen MR) is 131 cm³/mol. The molecule has 168 valence electrons. The topological polar surface area (TPSA) is 66.7 Å². The largest absolute Gasteiger partial charge is 0.379 e. The van der Waals surface area contributed by atoms with Crippen LogP contribution in [0.25, 0.3) is 0 Å².